The molecule has 0 N–H and O–H groups in total. The van der Waals surface area contributed by atoms with Crippen LogP contribution in [0.3, 0.4) is 0 Å². The number of esters is 1. The summed E-state index contributed by atoms with van der Waals surface area (Å²) in [6, 6.07) is 3.43. The van der Waals surface area contributed by atoms with E-state index in [4.69, 9.17) is 9.15 Å². The molecule has 5 saturated carbocycles. The van der Waals surface area contributed by atoms with E-state index >= 15 is 0 Å². The molecule has 0 aliphatic heterocycles. The first kappa shape index (κ1) is 32.0. The SMILES string of the molecule is CC(=O)CCC(=O)[C@]12CCC(C(C)C)C1C1CCC3[C@@]4(C)CC[C@@H](OC(=O)c5ccco5)C(C)(C)C4CC[C@@]3(C)[C@]1(C)CC2. The zero-order chi connectivity index (χ0) is 31.9. The van der Waals surface area contributed by atoms with Crippen molar-refractivity contribution >= 4 is 17.5 Å². The maximum atomic E-state index is 14.1. The van der Waals surface area contributed by atoms with Crippen LogP contribution < -0.4 is 0 Å². The lowest BCUT2D eigenvalue weighted by Gasteiger charge is -2.73. The highest BCUT2D eigenvalue weighted by Gasteiger charge is 2.72. The first-order valence-electron chi connectivity index (χ1n) is 17.9. The molecule has 0 aromatic carbocycles. The Hall–Kier alpha value is -1.91. The highest BCUT2D eigenvalue weighted by atomic mass is 16.6. The Morgan fingerprint density at radius 3 is 2.27 bits per heavy atom. The van der Waals surface area contributed by atoms with Gasteiger partial charge < -0.3 is 13.9 Å². The van der Waals surface area contributed by atoms with E-state index < -0.39 is 0 Å². The maximum absolute atomic E-state index is 14.1. The van der Waals surface area contributed by atoms with E-state index in [2.05, 4.69) is 48.5 Å². The third kappa shape index (κ3) is 4.47. The smallest absolute Gasteiger partial charge is 0.374 e. The fourth-order valence-corrected chi connectivity index (χ4v) is 13.2. The molecule has 1 aromatic heterocycles. The van der Waals surface area contributed by atoms with Crippen molar-refractivity contribution in [2.75, 3.05) is 0 Å². The van der Waals surface area contributed by atoms with Crippen LogP contribution in [0.15, 0.2) is 22.8 Å². The van der Waals surface area contributed by atoms with Crippen molar-refractivity contribution in [3.8, 4) is 0 Å². The van der Waals surface area contributed by atoms with E-state index in [1.807, 2.05) is 0 Å². The monoisotopic (exact) mass is 606 g/mol. The molecule has 5 unspecified atom stereocenters. The van der Waals surface area contributed by atoms with Gasteiger partial charge >= 0.3 is 5.97 Å². The van der Waals surface area contributed by atoms with Crippen LogP contribution in [0.1, 0.15) is 143 Å². The Balaban J connectivity index is 1.29. The first-order chi connectivity index (χ1) is 20.6. The minimum atomic E-state index is -0.342. The third-order valence-corrected chi connectivity index (χ3v) is 15.5. The minimum absolute atomic E-state index is 0.115. The summed E-state index contributed by atoms with van der Waals surface area (Å²) in [6.07, 6.45) is 13.4. The van der Waals surface area contributed by atoms with Gasteiger partial charge in [-0.1, -0.05) is 48.5 Å². The predicted molar refractivity (Wildman–Crippen MR) is 172 cm³/mol. The highest BCUT2D eigenvalue weighted by Crippen LogP contribution is 2.77. The van der Waals surface area contributed by atoms with Crippen molar-refractivity contribution in [3.63, 3.8) is 0 Å². The largest absolute Gasteiger partial charge is 0.457 e. The Kier molecular flexibility index (Phi) is 7.89. The fraction of sp³-hybridized carbons (Fsp3) is 0.821. The van der Waals surface area contributed by atoms with Crippen molar-refractivity contribution in [3.05, 3.63) is 24.2 Å². The lowest BCUT2D eigenvalue weighted by molar-refractivity contribution is -0.247. The Labute approximate surface area is 266 Å². The Morgan fingerprint density at radius 1 is 0.864 bits per heavy atom. The van der Waals surface area contributed by atoms with Gasteiger partial charge in [-0.3, -0.25) is 4.79 Å². The summed E-state index contributed by atoms with van der Waals surface area (Å²) in [5.41, 5.74) is 0.262. The average Bonchev–Trinajstić information content (AvgIpc) is 3.63. The molecule has 1 aromatic rings. The molecule has 44 heavy (non-hydrogen) atoms. The number of fused-ring (bicyclic) bond motifs is 7. The van der Waals surface area contributed by atoms with Crippen LogP contribution in [-0.2, 0) is 14.3 Å². The van der Waals surface area contributed by atoms with E-state index in [0.717, 1.165) is 44.9 Å². The van der Waals surface area contributed by atoms with Gasteiger partial charge in [-0.2, -0.15) is 0 Å². The average molecular weight is 607 g/mol. The van der Waals surface area contributed by atoms with Crippen LogP contribution in [0.5, 0.6) is 0 Å². The van der Waals surface area contributed by atoms with Crippen molar-refractivity contribution in [2.45, 2.75) is 139 Å². The molecular weight excluding hydrogens is 548 g/mol. The summed E-state index contributed by atoms with van der Waals surface area (Å²) < 4.78 is 11.5. The van der Waals surface area contributed by atoms with Gasteiger partial charge in [-0.25, -0.2) is 4.79 Å². The van der Waals surface area contributed by atoms with E-state index in [0.29, 0.717) is 54.1 Å². The summed E-state index contributed by atoms with van der Waals surface area (Å²) in [5.74, 6) is 3.76. The molecular formula is C39H58O5. The van der Waals surface area contributed by atoms with Crippen LogP contribution >= 0.6 is 0 Å². The van der Waals surface area contributed by atoms with Gasteiger partial charge in [0.15, 0.2) is 0 Å². The second-order valence-electron chi connectivity index (χ2n) is 17.7. The standard InChI is InChI=1S/C39H58O5/c1-24(2)26-15-20-39(31(41)14-11-25(3)40)22-21-37(7)27(33(26)39)12-13-30-36(6)18-17-32(44-34(42)28-10-9-23-43-28)35(4,5)29(36)16-19-38(30,37)8/h9-10,23-24,26-27,29-30,32-33H,11-22H2,1-8H3/t26?,27?,29?,30?,32-,33?,36+,37-,38-,39-/m1/s1. The summed E-state index contributed by atoms with van der Waals surface area (Å²) in [4.78, 5) is 39.0. The lowest BCUT2D eigenvalue weighted by atomic mass is 9.32. The van der Waals surface area contributed by atoms with Crippen LogP contribution in [0, 0.1) is 62.6 Å². The van der Waals surface area contributed by atoms with Gasteiger partial charge in [-0.05, 0) is 135 Å². The van der Waals surface area contributed by atoms with Crippen LogP contribution in [0.4, 0.5) is 0 Å². The maximum Gasteiger partial charge on any atom is 0.374 e. The second kappa shape index (κ2) is 10.8. The van der Waals surface area contributed by atoms with Crippen LogP contribution in [0.25, 0.3) is 0 Å². The Bertz CT molecular complexity index is 1280. The van der Waals surface area contributed by atoms with Gasteiger partial charge in [0.05, 0.1) is 6.26 Å². The molecule has 0 bridgehead atoms. The predicted octanol–water partition coefficient (Wildman–Crippen LogP) is 9.48. The number of carbonyl (C=O) groups is 3. The van der Waals surface area contributed by atoms with Crippen molar-refractivity contribution in [1.29, 1.82) is 0 Å². The molecule has 0 amide bonds. The van der Waals surface area contributed by atoms with Crippen molar-refractivity contribution in [1.82, 2.24) is 0 Å². The number of furan rings is 1. The number of Topliss-reactive ketones (excluding diaryl/α,β-unsaturated/α-hetero) is 2. The molecule has 5 aliphatic carbocycles. The van der Waals surface area contributed by atoms with E-state index in [1.54, 1.807) is 19.1 Å². The first-order valence-corrected chi connectivity index (χ1v) is 17.9. The number of hydrogen-bond donors (Lipinski definition) is 0. The number of ether oxygens (including phenoxy) is 1. The molecule has 5 heteroatoms. The molecule has 6 rings (SSSR count). The highest BCUT2D eigenvalue weighted by molar-refractivity contribution is 5.89. The van der Waals surface area contributed by atoms with E-state index in [1.165, 1.54) is 25.5 Å². The number of rotatable bonds is 7. The van der Waals surface area contributed by atoms with Crippen LogP contribution in [-0.4, -0.2) is 23.6 Å². The second-order valence-corrected chi connectivity index (χ2v) is 17.7. The summed E-state index contributed by atoms with van der Waals surface area (Å²) in [7, 11) is 0. The molecule has 244 valence electrons. The van der Waals surface area contributed by atoms with Gasteiger partial charge in [0.25, 0.3) is 0 Å². The molecule has 0 spiro atoms. The zero-order valence-corrected chi connectivity index (χ0v) is 28.8. The quantitative estimate of drug-likeness (QED) is 0.289. The third-order valence-electron chi connectivity index (χ3n) is 15.5. The van der Waals surface area contributed by atoms with Crippen LogP contribution in [0.2, 0.25) is 0 Å². The lowest BCUT2D eigenvalue weighted by Crippen LogP contribution is -2.67. The number of ketones is 2. The minimum Gasteiger partial charge on any atom is -0.457 e. The molecule has 10 atom stereocenters. The zero-order valence-electron chi connectivity index (χ0n) is 28.8. The number of hydrogen-bond acceptors (Lipinski definition) is 5. The molecule has 1 heterocycles. The van der Waals surface area contributed by atoms with E-state index in [-0.39, 0.29) is 50.7 Å². The summed E-state index contributed by atoms with van der Waals surface area (Å²) in [6.45, 7) is 18.9. The normalized spacial score (nSPS) is 44.2. The Morgan fingerprint density at radius 2 is 1.61 bits per heavy atom. The van der Waals surface area contributed by atoms with Gasteiger partial charge in [0.2, 0.25) is 5.76 Å². The molecule has 5 aliphatic rings. The van der Waals surface area contributed by atoms with Gasteiger partial charge in [-0.15, -0.1) is 0 Å². The summed E-state index contributed by atoms with van der Waals surface area (Å²) in [5, 5.41) is 0. The molecule has 5 fully saturated rings. The van der Waals surface area contributed by atoms with Crippen molar-refractivity contribution in [2.24, 2.45) is 62.6 Å². The van der Waals surface area contributed by atoms with Crippen molar-refractivity contribution < 1.29 is 23.5 Å². The molecule has 0 radical (unpaired) electrons. The van der Waals surface area contributed by atoms with Gasteiger partial charge in [0, 0.05) is 23.7 Å². The fourth-order valence-electron chi connectivity index (χ4n) is 13.2. The van der Waals surface area contributed by atoms with Gasteiger partial charge in [0.1, 0.15) is 17.7 Å². The summed E-state index contributed by atoms with van der Waals surface area (Å²) >= 11 is 0. The molecule has 5 nitrogen and oxygen atoms in total. The van der Waals surface area contributed by atoms with E-state index in [9.17, 15) is 14.4 Å². The number of carbonyl (C=O) groups excluding carboxylic acids is 3. The topological polar surface area (TPSA) is 73.6 Å². The molecule has 0 saturated heterocycles.